The standard InChI is InChI=1S/C7H6O3.C2H7N3/c8-6-4-2-1-3-5(6)7(9)10;1-5-2(3)4/h1-4,8H,(H,9,10);1H3,(H4,3,4,5). The summed E-state index contributed by atoms with van der Waals surface area (Å²) in [7, 11) is 1.60. The van der Waals surface area contributed by atoms with Gasteiger partial charge < -0.3 is 21.3 Å². The summed E-state index contributed by atoms with van der Waals surface area (Å²) in [6, 6.07) is 5.81. The van der Waals surface area contributed by atoms with Crippen molar-refractivity contribution in [2.75, 3.05) is 7.05 Å². The van der Waals surface area contributed by atoms with Crippen LogP contribution in [0.5, 0.6) is 5.75 Å². The summed E-state index contributed by atoms with van der Waals surface area (Å²) in [6.45, 7) is 0. The molecule has 0 aliphatic carbocycles. The zero-order valence-corrected chi connectivity index (χ0v) is 8.19. The Morgan fingerprint density at radius 1 is 1.47 bits per heavy atom. The van der Waals surface area contributed by atoms with Gasteiger partial charge in [0.2, 0.25) is 0 Å². The van der Waals surface area contributed by atoms with Crippen LogP contribution in [0.25, 0.3) is 0 Å². The van der Waals surface area contributed by atoms with E-state index in [2.05, 4.69) is 5.32 Å². The first kappa shape index (κ1) is 12.8. The molecule has 1 rings (SSSR count). The Hall–Kier alpha value is -2.24. The van der Waals surface area contributed by atoms with Crippen molar-refractivity contribution < 1.29 is 15.0 Å². The first-order chi connectivity index (χ1) is 6.99. The molecule has 0 aromatic heterocycles. The first-order valence-corrected chi connectivity index (χ1v) is 4.02. The normalized spacial score (nSPS) is 8.33. The number of carboxylic acid groups (broad SMARTS) is 1. The van der Waals surface area contributed by atoms with Crippen molar-refractivity contribution in [1.29, 1.82) is 5.41 Å². The smallest absolute Gasteiger partial charge is 0.339 e. The van der Waals surface area contributed by atoms with E-state index in [-0.39, 0.29) is 17.3 Å². The van der Waals surface area contributed by atoms with E-state index in [1.165, 1.54) is 12.1 Å². The molecule has 0 saturated heterocycles. The summed E-state index contributed by atoms with van der Waals surface area (Å²) >= 11 is 0. The third kappa shape index (κ3) is 5.14. The summed E-state index contributed by atoms with van der Waals surface area (Å²) in [5.41, 5.74) is 4.70. The van der Waals surface area contributed by atoms with Crippen molar-refractivity contribution in [2.45, 2.75) is 0 Å². The van der Waals surface area contributed by atoms with Gasteiger partial charge in [-0.2, -0.15) is 0 Å². The topological polar surface area (TPSA) is 119 Å². The molecular weight excluding hydrogens is 198 g/mol. The van der Waals surface area contributed by atoms with Gasteiger partial charge in [0, 0.05) is 7.05 Å². The number of carbonyl (C=O) groups is 1. The van der Waals surface area contributed by atoms with Crippen LogP contribution < -0.4 is 11.1 Å². The Balaban J connectivity index is 0.000000336. The molecule has 6 nitrogen and oxygen atoms in total. The number of hydrogen-bond acceptors (Lipinski definition) is 3. The van der Waals surface area contributed by atoms with Crippen molar-refractivity contribution in [1.82, 2.24) is 5.32 Å². The van der Waals surface area contributed by atoms with Crippen LogP contribution in [-0.4, -0.2) is 29.2 Å². The van der Waals surface area contributed by atoms with E-state index < -0.39 is 5.97 Å². The lowest BCUT2D eigenvalue weighted by molar-refractivity contribution is 0.0694. The van der Waals surface area contributed by atoms with Crippen LogP contribution in [0, 0.1) is 5.41 Å². The van der Waals surface area contributed by atoms with E-state index in [1.807, 2.05) is 0 Å². The number of phenols is 1. The molecule has 6 heteroatoms. The number of hydrogen-bond donors (Lipinski definition) is 5. The van der Waals surface area contributed by atoms with E-state index in [9.17, 15) is 4.79 Å². The second-order valence-electron chi connectivity index (χ2n) is 2.49. The average Bonchev–Trinajstić information content (AvgIpc) is 2.19. The highest BCUT2D eigenvalue weighted by atomic mass is 16.4. The van der Waals surface area contributed by atoms with Crippen LogP contribution in [0.15, 0.2) is 24.3 Å². The van der Waals surface area contributed by atoms with Gasteiger partial charge in [-0.25, -0.2) is 4.79 Å². The molecule has 0 fully saturated rings. The molecule has 0 radical (unpaired) electrons. The molecule has 0 amide bonds. The first-order valence-electron chi connectivity index (χ1n) is 4.02. The zero-order valence-electron chi connectivity index (χ0n) is 8.19. The minimum Gasteiger partial charge on any atom is -0.507 e. The second kappa shape index (κ2) is 6.25. The Morgan fingerprint density at radius 2 is 1.93 bits per heavy atom. The van der Waals surface area contributed by atoms with Gasteiger partial charge in [-0.15, -0.1) is 0 Å². The maximum Gasteiger partial charge on any atom is 0.339 e. The van der Waals surface area contributed by atoms with Crippen LogP contribution >= 0.6 is 0 Å². The summed E-state index contributed by atoms with van der Waals surface area (Å²) in [6.07, 6.45) is 0. The van der Waals surface area contributed by atoms with Crippen LogP contribution in [0.3, 0.4) is 0 Å². The minimum absolute atomic E-state index is 0.00463. The van der Waals surface area contributed by atoms with E-state index in [1.54, 1.807) is 19.2 Å². The van der Waals surface area contributed by atoms with E-state index >= 15 is 0 Å². The number of para-hydroxylation sites is 1. The third-order valence-electron chi connectivity index (χ3n) is 1.40. The predicted octanol–water partition coefficient (Wildman–Crippen LogP) is 0.190. The molecule has 15 heavy (non-hydrogen) atoms. The summed E-state index contributed by atoms with van der Waals surface area (Å²) in [5, 5.41) is 26.1. The van der Waals surface area contributed by atoms with Crippen molar-refractivity contribution in [3.8, 4) is 5.75 Å². The molecule has 0 spiro atoms. The van der Waals surface area contributed by atoms with Gasteiger partial charge in [-0.05, 0) is 12.1 Å². The monoisotopic (exact) mass is 211 g/mol. The number of carboxylic acids is 1. The van der Waals surface area contributed by atoms with Gasteiger partial charge in [-0.1, -0.05) is 12.1 Å². The number of benzene rings is 1. The number of guanidine groups is 1. The molecule has 1 aromatic rings. The van der Waals surface area contributed by atoms with Crippen molar-refractivity contribution in [3.63, 3.8) is 0 Å². The molecular formula is C9H13N3O3. The maximum absolute atomic E-state index is 10.3. The minimum atomic E-state index is -1.11. The molecule has 0 saturated carbocycles. The van der Waals surface area contributed by atoms with Crippen molar-refractivity contribution in [2.24, 2.45) is 5.73 Å². The molecule has 0 aliphatic rings. The number of rotatable bonds is 1. The molecule has 0 bridgehead atoms. The average molecular weight is 211 g/mol. The van der Waals surface area contributed by atoms with Gasteiger partial charge in [-0.3, -0.25) is 5.41 Å². The van der Waals surface area contributed by atoms with Crippen LogP contribution in [0.4, 0.5) is 0 Å². The predicted molar refractivity (Wildman–Crippen MR) is 56.0 cm³/mol. The summed E-state index contributed by atoms with van der Waals surface area (Å²) in [5.74, 6) is -1.31. The Kier molecular flexibility index (Phi) is 5.32. The van der Waals surface area contributed by atoms with E-state index in [0.29, 0.717) is 0 Å². The second-order valence-corrected chi connectivity index (χ2v) is 2.49. The van der Waals surface area contributed by atoms with Gasteiger partial charge in [0.1, 0.15) is 11.3 Å². The fourth-order valence-electron chi connectivity index (χ4n) is 0.654. The molecule has 0 aliphatic heterocycles. The maximum atomic E-state index is 10.3. The third-order valence-corrected chi connectivity index (χ3v) is 1.40. The van der Waals surface area contributed by atoms with Gasteiger partial charge >= 0.3 is 5.97 Å². The van der Waals surface area contributed by atoms with Gasteiger partial charge in [0.05, 0.1) is 0 Å². The summed E-state index contributed by atoms with van der Waals surface area (Å²) in [4.78, 5) is 10.3. The molecule has 82 valence electrons. The van der Waals surface area contributed by atoms with Gasteiger partial charge in [0.15, 0.2) is 5.96 Å². The van der Waals surface area contributed by atoms with Crippen LogP contribution in [-0.2, 0) is 0 Å². The fourth-order valence-corrected chi connectivity index (χ4v) is 0.654. The Morgan fingerprint density at radius 3 is 2.20 bits per heavy atom. The summed E-state index contributed by atoms with van der Waals surface area (Å²) < 4.78 is 0. The van der Waals surface area contributed by atoms with Crippen LogP contribution in [0.2, 0.25) is 0 Å². The molecule has 1 aromatic carbocycles. The number of nitrogens with one attached hydrogen (secondary N) is 2. The lowest BCUT2D eigenvalue weighted by Crippen LogP contribution is -2.25. The molecule has 0 heterocycles. The largest absolute Gasteiger partial charge is 0.507 e. The highest BCUT2D eigenvalue weighted by molar-refractivity contribution is 5.90. The Labute approximate surface area is 86.9 Å². The fraction of sp³-hybridized carbons (Fsp3) is 0.111. The Bertz CT molecular complexity index is 352. The van der Waals surface area contributed by atoms with Crippen LogP contribution in [0.1, 0.15) is 10.4 Å². The highest BCUT2D eigenvalue weighted by Gasteiger charge is 2.05. The van der Waals surface area contributed by atoms with Gasteiger partial charge in [0.25, 0.3) is 0 Å². The number of nitrogens with two attached hydrogens (primary N) is 1. The number of aromatic hydroxyl groups is 1. The highest BCUT2D eigenvalue weighted by Crippen LogP contribution is 2.14. The van der Waals surface area contributed by atoms with E-state index in [4.69, 9.17) is 21.4 Å². The van der Waals surface area contributed by atoms with Crippen molar-refractivity contribution >= 4 is 11.9 Å². The molecule has 0 unspecified atom stereocenters. The molecule has 6 N–H and O–H groups in total. The van der Waals surface area contributed by atoms with E-state index in [0.717, 1.165) is 0 Å². The number of aromatic carboxylic acids is 1. The van der Waals surface area contributed by atoms with Crippen molar-refractivity contribution in [3.05, 3.63) is 29.8 Å². The lowest BCUT2D eigenvalue weighted by atomic mass is 10.2. The zero-order chi connectivity index (χ0) is 11.8. The lowest BCUT2D eigenvalue weighted by Gasteiger charge is -1.95. The quantitative estimate of drug-likeness (QED) is 0.335. The molecule has 0 atom stereocenters. The SMILES string of the molecule is CNC(=N)N.O=C(O)c1ccccc1O.